The molecule has 0 aliphatic carbocycles. The maximum Gasteiger partial charge on any atom is 0.435 e. The van der Waals surface area contributed by atoms with E-state index in [-0.39, 0.29) is 0 Å². The summed E-state index contributed by atoms with van der Waals surface area (Å²) >= 11 is 0. The van der Waals surface area contributed by atoms with Crippen molar-refractivity contribution >= 4 is 5.52 Å². The Morgan fingerprint density at radius 3 is 2.94 bits per heavy atom. The molecule has 3 nitrogen and oxygen atoms in total. The summed E-state index contributed by atoms with van der Waals surface area (Å²) in [6.45, 7) is 0.515. The molecule has 16 heavy (non-hydrogen) atoms. The molecular formula is C10H7F3N2O. The normalized spacial score (nSPS) is 15.2. The van der Waals surface area contributed by atoms with Gasteiger partial charge >= 0.3 is 6.18 Å². The Bertz CT molecular complexity index is 559. The maximum atomic E-state index is 12.5. The van der Waals surface area contributed by atoms with E-state index < -0.39 is 11.9 Å². The van der Waals surface area contributed by atoms with Crippen LogP contribution in [-0.2, 0) is 12.6 Å². The van der Waals surface area contributed by atoms with Crippen LogP contribution in [0.4, 0.5) is 13.2 Å². The molecule has 84 valence electrons. The van der Waals surface area contributed by atoms with E-state index in [9.17, 15) is 13.2 Å². The van der Waals surface area contributed by atoms with Crippen molar-refractivity contribution < 1.29 is 17.9 Å². The third kappa shape index (κ3) is 1.26. The van der Waals surface area contributed by atoms with Gasteiger partial charge in [-0.25, -0.2) is 4.52 Å². The Morgan fingerprint density at radius 2 is 2.19 bits per heavy atom. The van der Waals surface area contributed by atoms with Gasteiger partial charge in [0, 0.05) is 18.2 Å². The minimum Gasteiger partial charge on any atom is -0.493 e. The summed E-state index contributed by atoms with van der Waals surface area (Å²) in [4.78, 5) is 0. The molecule has 0 aromatic carbocycles. The lowest BCUT2D eigenvalue weighted by atomic mass is 10.2. The molecular weight excluding hydrogens is 221 g/mol. The van der Waals surface area contributed by atoms with Gasteiger partial charge in [-0.05, 0) is 12.1 Å². The molecule has 3 heterocycles. The van der Waals surface area contributed by atoms with Crippen molar-refractivity contribution in [2.45, 2.75) is 12.6 Å². The van der Waals surface area contributed by atoms with E-state index in [1.54, 1.807) is 6.07 Å². The van der Waals surface area contributed by atoms with Crippen LogP contribution in [-0.4, -0.2) is 16.2 Å². The molecule has 0 bridgehead atoms. The lowest BCUT2D eigenvalue weighted by molar-refractivity contribution is -0.141. The lowest BCUT2D eigenvalue weighted by Crippen LogP contribution is -2.05. The summed E-state index contributed by atoms with van der Waals surface area (Å²) in [6, 6.07) is 2.70. The van der Waals surface area contributed by atoms with Gasteiger partial charge < -0.3 is 4.74 Å². The second-order valence-electron chi connectivity index (χ2n) is 3.61. The largest absolute Gasteiger partial charge is 0.493 e. The highest BCUT2D eigenvalue weighted by molar-refractivity contribution is 5.62. The van der Waals surface area contributed by atoms with Crippen molar-refractivity contribution in [3.8, 4) is 5.75 Å². The molecule has 2 aromatic heterocycles. The first kappa shape index (κ1) is 9.50. The molecule has 0 radical (unpaired) electrons. The van der Waals surface area contributed by atoms with Gasteiger partial charge in [0.15, 0.2) is 5.69 Å². The highest BCUT2D eigenvalue weighted by Crippen LogP contribution is 2.33. The van der Waals surface area contributed by atoms with Crippen LogP contribution < -0.4 is 4.74 Å². The minimum atomic E-state index is -4.40. The van der Waals surface area contributed by atoms with Gasteiger partial charge in [-0.1, -0.05) is 0 Å². The lowest BCUT2D eigenvalue weighted by Gasteiger charge is -1.99. The van der Waals surface area contributed by atoms with E-state index in [1.807, 2.05) is 0 Å². The molecule has 0 saturated carbocycles. The predicted molar refractivity (Wildman–Crippen MR) is 49.4 cm³/mol. The third-order valence-corrected chi connectivity index (χ3v) is 2.61. The smallest absolute Gasteiger partial charge is 0.435 e. The predicted octanol–water partition coefficient (Wildman–Crippen LogP) is 2.29. The van der Waals surface area contributed by atoms with Gasteiger partial charge in [0.05, 0.1) is 12.1 Å². The van der Waals surface area contributed by atoms with Crippen molar-refractivity contribution in [3.05, 3.63) is 29.6 Å². The van der Waals surface area contributed by atoms with Crippen LogP contribution in [0, 0.1) is 0 Å². The Balaban J connectivity index is 2.26. The summed E-state index contributed by atoms with van der Waals surface area (Å²) in [6.07, 6.45) is -2.30. The van der Waals surface area contributed by atoms with Gasteiger partial charge in [0.2, 0.25) is 0 Å². The topological polar surface area (TPSA) is 26.5 Å². The van der Waals surface area contributed by atoms with Gasteiger partial charge in [0.25, 0.3) is 0 Å². The molecule has 0 saturated heterocycles. The Hall–Kier alpha value is -1.72. The summed E-state index contributed by atoms with van der Waals surface area (Å²) in [7, 11) is 0. The van der Waals surface area contributed by atoms with E-state index >= 15 is 0 Å². The molecule has 0 amide bonds. The van der Waals surface area contributed by atoms with Crippen molar-refractivity contribution in [3.63, 3.8) is 0 Å². The van der Waals surface area contributed by atoms with E-state index in [2.05, 4.69) is 5.10 Å². The summed E-state index contributed by atoms with van der Waals surface area (Å²) < 4.78 is 43.9. The van der Waals surface area contributed by atoms with Crippen LogP contribution in [0.1, 0.15) is 11.3 Å². The number of nitrogens with zero attached hydrogens (tertiary/aromatic N) is 2. The van der Waals surface area contributed by atoms with Crippen LogP contribution in [0.15, 0.2) is 18.3 Å². The number of halogens is 3. The van der Waals surface area contributed by atoms with Crippen molar-refractivity contribution in [1.82, 2.24) is 9.61 Å². The minimum absolute atomic E-state index is 0.474. The van der Waals surface area contributed by atoms with E-state index in [0.29, 0.717) is 24.3 Å². The van der Waals surface area contributed by atoms with Gasteiger partial charge in [0.1, 0.15) is 5.75 Å². The standard InChI is InChI=1S/C10H7F3N2O/c11-10(12,13)9-5-7-6-2-4-16-8(6)1-3-15(7)14-9/h1,3,5H,2,4H2. The monoisotopic (exact) mass is 228 g/mol. The average Bonchev–Trinajstić information content (AvgIpc) is 2.81. The number of hydrogen-bond donors (Lipinski definition) is 0. The van der Waals surface area contributed by atoms with Crippen LogP contribution >= 0.6 is 0 Å². The molecule has 6 heteroatoms. The number of ether oxygens (including phenoxy) is 1. The second kappa shape index (κ2) is 2.90. The van der Waals surface area contributed by atoms with Gasteiger partial charge in [-0.15, -0.1) is 0 Å². The number of fused-ring (bicyclic) bond motifs is 3. The second-order valence-corrected chi connectivity index (χ2v) is 3.61. The average molecular weight is 228 g/mol. The molecule has 2 aromatic rings. The number of hydrogen-bond acceptors (Lipinski definition) is 2. The molecule has 0 spiro atoms. The van der Waals surface area contributed by atoms with Crippen molar-refractivity contribution in [2.24, 2.45) is 0 Å². The zero-order chi connectivity index (χ0) is 11.3. The highest BCUT2D eigenvalue weighted by atomic mass is 19.4. The molecule has 0 atom stereocenters. The van der Waals surface area contributed by atoms with Crippen LogP contribution in [0.2, 0.25) is 0 Å². The number of rotatable bonds is 0. The molecule has 0 N–H and O–H groups in total. The summed E-state index contributed by atoms with van der Waals surface area (Å²) in [5.74, 6) is 0.654. The molecule has 1 aliphatic rings. The van der Waals surface area contributed by atoms with Crippen LogP contribution in [0.5, 0.6) is 5.75 Å². The Morgan fingerprint density at radius 1 is 1.38 bits per heavy atom. The first-order valence-electron chi connectivity index (χ1n) is 4.77. The third-order valence-electron chi connectivity index (χ3n) is 2.61. The molecule has 1 aliphatic heterocycles. The van der Waals surface area contributed by atoms with Crippen LogP contribution in [0.3, 0.4) is 0 Å². The summed E-state index contributed by atoms with van der Waals surface area (Å²) in [5.41, 5.74) is 0.403. The van der Waals surface area contributed by atoms with Crippen molar-refractivity contribution in [1.29, 1.82) is 0 Å². The highest BCUT2D eigenvalue weighted by Gasteiger charge is 2.34. The van der Waals surface area contributed by atoms with Crippen molar-refractivity contribution in [2.75, 3.05) is 6.61 Å². The fraction of sp³-hybridized carbons (Fsp3) is 0.300. The quantitative estimate of drug-likeness (QED) is 0.691. The zero-order valence-corrected chi connectivity index (χ0v) is 8.08. The first-order valence-corrected chi connectivity index (χ1v) is 4.77. The van der Waals surface area contributed by atoms with E-state index in [1.165, 1.54) is 10.7 Å². The number of aromatic nitrogens is 2. The van der Waals surface area contributed by atoms with Crippen LogP contribution in [0.25, 0.3) is 5.52 Å². The number of alkyl halides is 3. The van der Waals surface area contributed by atoms with E-state index in [0.717, 1.165) is 11.6 Å². The fourth-order valence-electron chi connectivity index (χ4n) is 1.89. The first-order chi connectivity index (χ1) is 7.55. The SMILES string of the molecule is FC(F)(F)c1cc2c3c(ccn2n1)OCC3. The maximum absolute atomic E-state index is 12.5. The molecule has 0 fully saturated rings. The Kier molecular flexibility index (Phi) is 1.72. The Labute approximate surface area is 88.4 Å². The zero-order valence-electron chi connectivity index (χ0n) is 8.08. The molecule has 3 rings (SSSR count). The number of pyridine rings is 1. The van der Waals surface area contributed by atoms with Gasteiger partial charge in [-0.3, -0.25) is 0 Å². The van der Waals surface area contributed by atoms with E-state index in [4.69, 9.17) is 4.74 Å². The van der Waals surface area contributed by atoms with Gasteiger partial charge in [-0.2, -0.15) is 18.3 Å². The molecule has 0 unspecified atom stereocenters. The fourth-order valence-corrected chi connectivity index (χ4v) is 1.89. The summed E-state index contributed by atoms with van der Waals surface area (Å²) in [5, 5.41) is 3.50.